The number of Topliss-reactive ketones (excluding diaryl/α,β-unsaturated/α-hetero) is 1. The second-order valence-corrected chi connectivity index (χ2v) is 6.54. The predicted molar refractivity (Wildman–Crippen MR) is 84.9 cm³/mol. The molecule has 0 saturated carbocycles. The van der Waals surface area contributed by atoms with Crippen LogP contribution in [0, 0.1) is 0 Å². The molecule has 0 spiro atoms. The van der Waals surface area contributed by atoms with Crippen molar-refractivity contribution >= 4 is 11.8 Å². The molecule has 0 radical (unpaired) electrons. The smallest absolute Gasteiger partial charge is 0.321 e. The molecule has 2 amide bonds. The molecule has 0 N–H and O–H groups in total. The van der Waals surface area contributed by atoms with E-state index in [1.165, 1.54) is 0 Å². The van der Waals surface area contributed by atoms with Gasteiger partial charge in [-0.1, -0.05) is 42.5 Å². The number of amides is 2. The third kappa shape index (κ3) is 2.10. The molecule has 2 saturated heterocycles. The Morgan fingerprint density at radius 2 is 1.83 bits per heavy atom. The highest BCUT2D eigenvalue weighted by Gasteiger charge is 2.52. The molecule has 5 atom stereocenters. The number of urea groups is 1. The molecule has 120 valence electrons. The van der Waals surface area contributed by atoms with Crippen molar-refractivity contribution < 1.29 is 14.3 Å². The van der Waals surface area contributed by atoms with Gasteiger partial charge in [0.2, 0.25) is 0 Å². The first-order chi connectivity index (χ1) is 11.1. The maximum atomic E-state index is 12.8. The second kappa shape index (κ2) is 5.20. The van der Waals surface area contributed by atoms with Gasteiger partial charge in [-0.2, -0.15) is 0 Å². The summed E-state index contributed by atoms with van der Waals surface area (Å²) in [5.74, 6) is 0.0908. The number of benzene rings is 1. The lowest BCUT2D eigenvalue weighted by atomic mass is 9.94. The van der Waals surface area contributed by atoms with E-state index in [2.05, 4.69) is 0 Å². The van der Waals surface area contributed by atoms with Crippen LogP contribution in [0.4, 0.5) is 4.79 Å². The van der Waals surface area contributed by atoms with Gasteiger partial charge in [-0.25, -0.2) is 4.79 Å². The zero-order chi connectivity index (χ0) is 16.1. The van der Waals surface area contributed by atoms with E-state index < -0.39 is 6.04 Å². The first-order valence-electron chi connectivity index (χ1n) is 8.04. The largest absolute Gasteiger partial charge is 0.364 e. The molecule has 0 aromatic heterocycles. The molecular weight excluding hydrogens is 292 g/mol. The molecule has 1 aromatic carbocycles. The monoisotopic (exact) mass is 312 g/mol. The van der Waals surface area contributed by atoms with Crippen molar-refractivity contribution in [1.82, 2.24) is 9.80 Å². The van der Waals surface area contributed by atoms with Gasteiger partial charge in [0.1, 0.15) is 12.1 Å². The van der Waals surface area contributed by atoms with Crippen molar-refractivity contribution in [2.24, 2.45) is 0 Å². The number of hydrogen-bond donors (Lipinski definition) is 0. The zero-order valence-corrected chi connectivity index (χ0v) is 13.3. The van der Waals surface area contributed by atoms with Crippen molar-refractivity contribution in [3.63, 3.8) is 0 Å². The molecule has 3 aliphatic heterocycles. The fourth-order valence-electron chi connectivity index (χ4n) is 3.94. The number of ether oxygens (including phenoxy) is 1. The Morgan fingerprint density at radius 3 is 2.57 bits per heavy atom. The Bertz CT molecular complexity index is 672. The molecule has 23 heavy (non-hydrogen) atoms. The highest BCUT2D eigenvalue weighted by molar-refractivity contribution is 5.92. The summed E-state index contributed by atoms with van der Waals surface area (Å²) in [6, 6.07) is 9.14. The van der Waals surface area contributed by atoms with E-state index in [1.807, 2.05) is 49.4 Å². The topological polar surface area (TPSA) is 49.9 Å². The predicted octanol–water partition coefficient (Wildman–Crippen LogP) is 2.15. The van der Waals surface area contributed by atoms with Gasteiger partial charge in [0, 0.05) is 13.5 Å². The minimum atomic E-state index is -0.532. The third-order valence-electron chi connectivity index (χ3n) is 5.22. The molecule has 2 fully saturated rings. The van der Waals surface area contributed by atoms with E-state index in [0.717, 1.165) is 5.56 Å². The molecular formula is C18H20N2O3. The molecule has 3 aliphatic rings. The summed E-state index contributed by atoms with van der Waals surface area (Å²) >= 11 is 0. The normalized spacial score (nSPS) is 36.2. The van der Waals surface area contributed by atoms with Crippen molar-refractivity contribution in [3.8, 4) is 0 Å². The number of carbonyl (C=O) groups excluding carboxylic acids is 2. The van der Waals surface area contributed by atoms with Crippen molar-refractivity contribution in [1.29, 1.82) is 0 Å². The molecule has 2 bridgehead atoms. The number of likely N-dealkylation sites (N-methyl/N-ethyl adjacent to an activating group) is 1. The van der Waals surface area contributed by atoms with Gasteiger partial charge in [-0.15, -0.1) is 0 Å². The summed E-state index contributed by atoms with van der Waals surface area (Å²) in [6.07, 6.45) is 3.77. The number of nitrogens with zero attached hydrogens (tertiary/aromatic N) is 2. The Morgan fingerprint density at radius 1 is 1.09 bits per heavy atom. The number of rotatable bonds is 2. The third-order valence-corrected chi connectivity index (χ3v) is 5.22. The Hall–Kier alpha value is -2.14. The maximum Gasteiger partial charge on any atom is 0.321 e. The van der Waals surface area contributed by atoms with Crippen LogP contribution in [-0.2, 0) is 9.53 Å². The Kier molecular flexibility index (Phi) is 3.27. The van der Waals surface area contributed by atoms with E-state index in [-0.39, 0.29) is 36.1 Å². The van der Waals surface area contributed by atoms with Crippen LogP contribution in [-0.4, -0.2) is 53.0 Å². The zero-order valence-electron chi connectivity index (χ0n) is 13.3. The number of hydrogen-bond acceptors (Lipinski definition) is 3. The van der Waals surface area contributed by atoms with Gasteiger partial charge in [0.05, 0.1) is 18.2 Å². The van der Waals surface area contributed by atoms with Gasteiger partial charge in [-0.05, 0) is 12.5 Å². The quantitative estimate of drug-likeness (QED) is 0.786. The SMILES string of the molecule is C[C@H]1[C@@H](c2ccccc2)N([C@H]2C(=O)C[C@H]3C=C[C@@H]2O3)C(=O)N1C. The lowest BCUT2D eigenvalue weighted by Crippen LogP contribution is -2.54. The van der Waals surface area contributed by atoms with Crippen LogP contribution >= 0.6 is 0 Å². The van der Waals surface area contributed by atoms with Crippen LogP contribution in [0.3, 0.4) is 0 Å². The molecule has 5 heteroatoms. The van der Waals surface area contributed by atoms with Crippen molar-refractivity contribution in [2.75, 3.05) is 7.05 Å². The lowest BCUT2D eigenvalue weighted by molar-refractivity contribution is -0.138. The summed E-state index contributed by atoms with van der Waals surface area (Å²) in [5.41, 5.74) is 1.05. The number of fused-ring (bicyclic) bond motifs is 2. The molecule has 5 nitrogen and oxygen atoms in total. The minimum absolute atomic E-state index is 0.000746. The van der Waals surface area contributed by atoms with E-state index in [0.29, 0.717) is 6.42 Å². The van der Waals surface area contributed by atoms with Gasteiger partial charge in [0.25, 0.3) is 0 Å². The minimum Gasteiger partial charge on any atom is -0.364 e. The van der Waals surface area contributed by atoms with Crippen LogP contribution in [0.1, 0.15) is 24.9 Å². The molecule has 4 rings (SSSR count). The van der Waals surface area contributed by atoms with Crippen LogP contribution < -0.4 is 0 Å². The highest BCUT2D eigenvalue weighted by Crippen LogP contribution is 2.40. The summed E-state index contributed by atoms with van der Waals surface area (Å²) in [5, 5.41) is 0. The maximum absolute atomic E-state index is 12.8. The summed E-state index contributed by atoms with van der Waals surface area (Å²) in [6.45, 7) is 2.02. The van der Waals surface area contributed by atoms with Crippen molar-refractivity contribution in [3.05, 3.63) is 48.0 Å². The highest BCUT2D eigenvalue weighted by atomic mass is 16.5. The molecule has 3 heterocycles. The van der Waals surface area contributed by atoms with E-state index in [1.54, 1.807) is 16.8 Å². The first kappa shape index (κ1) is 14.5. The average molecular weight is 312 g/mol. The van der Waals surface area contributed by atoms with E-state index in [9.17, 15) is 9.59 Å². The van der Waals surface area contributed by atoms with Gasteiger partial charge in [-0.3, -0.25) is 4.79 Å². The summed E-state index contributed by atoms with van der Waals surface area (Å²) in [4.78, 5) is 28.9. The van der Waals surface area contributed by atoms with Crippen LogP contribution in [0.25, 0.3) is 0 Å². The lowest BCUT2D eigenvalue weighted by Gasteiger charge is -2.38. The molecule has 0 unspecified atom stereocenters. The molecule has 1 aromatic rings. The number of carbonyl (C=O) groups is 2. The van der Waals surface area contributed by atoms with Crippen LogP contribution in [0.5, 0.6) is 0 Å². The van der Waals surface area contributed by atoms with Crippen LogP contribution in [0.15, 0.2) is 42.5 Å². The summed E-state index contributed by atoms with van der Waals surface area (Å²) in [7, 11) is 1.80. The fraction of sp³-hybridized carbons (Fsp3) is 0.444. The van der Waals surface area contributed by atoms with Gasteiger partial charge < -0.3 is 14.5 Å². The summed E-state index contributed by atoms with van der Waals surface area (Å²) < 4.78 is 5.85. The van der Waals surface area contributed by atoms with Gasteiger partial charge in [0.15, 0.2) is 5.78 Å². The van der Waals surface area contributed by atoms with Crippen LogP contribution in [0.2, 0.25) is 0 Å². The first-order valence-corrected chi connectivity index (χ1v) is 8.04. The second-order valence-electron chi connectivity index (χ2n) is 6.54. The Balaban J connectivity index is 1.76. The van der Waals surface area contributed by atoms with Gasteiger partial charge >= 0.3 is 6.03 Å². The fourth-order valence-corrected chi connectivity index (χ4v) is 3.94. The van der Waals surface area contributed by atoms with Crippen molar-refractivity contribution in [2.45, 2.75) is 43.7 Å². The van der Waals surface area contributed by atoms with E-state index >= 15 is 0 Å². The average Bonchev–Trinajstić information content (AvgIpc) is 3.04. The Labute approximate surface area is 135 Å². The number of ketones is 1. The standard InChI is InChI=1S/C18H20N2O3/c1-11-16(12-6-4-3-5-7-12)20(18(22)19(11)2)17-14(21)10-13-8-9-15(17)23-13/h3-9,11,13,15-17H,10H2,1-2H3/t11-,13+,15-,16-,17-/m0/s1. The van der Waals surface area contributed by atoms with E-state index in [4.69, 9.17) is 4.74 Å². The molecule has 0 aliphatic carbocycles.